The van der Waals surface area contributed by atoms with E-state index >= 15 is 0 Å². The second-order valence-electron chi connectivity index (χ2n) is 3.10. The van der Waals surface area contributed by atoms with Crippen LogP contribution in [0, 0.1) is 5.92 Å². The third-order valence-electron chi connectivity index (χ3n) is 2.20. The summed E-state index contributed by atoms with van der Waals surface area (Å²) >= 11 is 0. The van der Waals surface area contributed by atoms with E-state index in [9.17, 15) is 0 Å². The molecule has 1 aliphatic rings. The molecule has 60 valence electrons. The van der Waals surface area contributed by atoms with E-state index in [1.54, 1.807) is 0 Å². The number of nitrogens with one attached hydrogen (secondary N) is 2. The SMILES string of the molecule is c1c[nH]c(CC2CCNC2)n1. The molecular weight excluding hydrogens is 138 g/mol. The van der Waals surface area contributed by atoms with Crippen LogP contribution < -0.4 is 5.32 Å². The van der Waals surface area contributed by atoms with Crippen LogP contribution in [0.25, 0.3) is 0 Å². The maximum Gasteiger partial charge on any atom is 0.106 e. The average Bonchev–Trinajstić information content (AvgIpc) is 2.60. The first-order chi connectivity index (χ1) is 5.45. The van der Waals surface area contributed by atoms with Crippen molar-refractivity contribution in [3.63, 3.8) is 0 Å². The molecule has 3 heteroatoms. The first-order valence-corrected chi connectivity index (χ1v) is 4.14. The summed E-state index contributed by atoms with van der Waals surface area (Å²) < 4.78 is 0. The van der Waals surface area contributed by atoms with Crippen molar-refractivity contribution in [3.05, 3.63) is 18.2 Å². The molecule has 1 aliphatic heterocycles. The molecule has 0 aromatic carbocycles. The topological polar surface area (TPSA) is 40.7 Å². The van der Waals surface area contributed by atoms with E-state index in [1.165, 1.54) is 13.0 Å². The normalized spacial score (nSPS) is 24.2. The minimum absolute atomic E-state index is 0.793. The van der Waals surface area contributed by atoms with Gasteiger partial charge in [0.2, 0.25) is 0 Å². The van der Waals surface area contributed by atoms with Gasteiger partial charge in [-0.1, -0.05) is 0 Å². The molecule has 2 heterocycles. The van der Waals surface area contributed by atoms with Crippen LogP contribution >= 0.6 is 0 Å². The molecule has 1 aromatic heterocycles. The third kappa shape index (κ3) is 1.60. The van der Waals surface area contributed by atoms with Gasteiger partial charge in [-0.25, -0.2) is 4.98 Å². The standard InChI is InChI=1S/C8H13N3/c1-2-9-6-7(1)5-8-10-3-4-11-8/h3-4,7,9H,1-2,5-6H2,(H,10,11). The van der Waals surface area contributed by atoms with Crippen molar-refractivity contribution in [2.24, 2.45) is 5.92 Å². The van der Waals surface area contributed by atoms with Gasteiger partial charge in [-0.3, -0.25) is 0 Å². The molecule has 1 saturated heterocycles. The molecular formula is C8H13N3. The predicted molar refractivity (Wildman–Crippen MR) is 43.3 cm³/mol. The van der Waals surface area contributed by atoms with Crippen molar-refractivity contribution >= 4 is 0 Å². The molecule has 1 unspecified atom stereocenters. The lowest BCUT2D eigenvalue weighted by Gasteiger charge is -2.03. The number of hydrogen-bond donors (Lipinski definition) is 2. The van der Waals surface area contributed by atoms with Gasteiger partial charge in [0.25, 0.3) is 0 Å². The lowest BCUT2D eigenvalue weighted by molar-refractivity contribution is 0.565. The average molecular weight is 151 g/mol. The zero-order chi connectivity index (χ0) is 7.52. The van der Waals surface area contributed by atoms with E-state index < -0.39 is 0 Å². The van der Waals surface area contributed by atoms with Crippen LogP contribution in [0.15, 0.2) is 12.4 Å². The Hall–Kier alpha value is -0.830. The molecule has 11 heavy (non-hydrogen) atoms. The van der Waals surface area contributed by atoms with E-state index in [0.29, 0.717) is 0 Å². The van der Waals surface area contributed by atoms with E-state index in [4.69, 9.17) is 0 Å². The minimum Gasteiger partial charge on any atom is -0.349 e. The summed E-state index contributed by atoms with van der Waals surface area (Å²) in [4.78, 5) is 7.32. The zero-order valence-electron chi connectivity index (χ0n) is 6.51. The number of rotatable bonds is 2. The Kier molecular flexibility index (Phi) is 1.90. The van der Waals surface area contributed by atoms with Gasteiger partial charge in [-0.05, 0) is 25.4 Å². The van der Waals surface area contributed by atoms with Gasteiger partial charge in [0.05, 0.1) is 0 Å². The molecule has 1 atom stereocenters. The quantitative estimate of drug-likeness (QED) is 0.648. The molecule has 1 aromatic rings. The predicted octanol–water partition coefficient (Wildman–Crippen LogP) is 0.562. The summed E-state index contributed by atoms with van der Waals surface area (Å²) in [5, 5.41) is 3.34. The molecule has 0 saturated carbocycles. The first-order valence-electron chi connectivity index (χ1n) is 4.14. The molecule has 3 nitrogen and oxygen atoms in total. The number of aromatic amines is 1. The van der Waals surface area contributed by atoms with Crippen molar-refractivity contribution in [2.75, 3.05) is 13.1 Å². The summed E-state index contributed by atoms with van der Waals surface area (Å²) in [6.07, 6.45) is 6.09. The highest BCUT2D eigenvalue weighted by molar-refractivity contribution is 4.90. The van der Waals surface area contributed by atoms with Crippen LogP contribution in [0.2, 0.25) is 0 Å². The smallest absolute Gasteiger partial charge is 0.106 e. The van der Waals surface area contributed by atoms with Gasteiger partial charge in [-0.2, -0.15) is 0 Å². The van der Waals surface area contributed by atoms with Crippen LogP contribution in [-0.4, -0.2) is 23.1 Å². The van der Waals surface area contributed by atoms with Crippen molar-refractivity contribution in [1.29, 1.82) is 0 Å². The molecule has 0 bridgehead atoms. The first kappa shape index (κ1) is 6.85. The Morgan fingerprint density at radius 2 is 2.64 bits per heavy atom. The molecule has 0 radical (unpaired) electrons. The van der Waals surface area contributed by atoms with Gasteiger partial charge in [0.15, 0.2) is 0 Å². The van der Waals surface area contributed by atoms with Gasteiger partial charge in [0, 0.05) is 18.8 Å². The lowest BCUT2D eigenvalue weighted by Crippen LogP contribution is -2.11. The van der Waals surface area contributed by atoms with E-state index in [1.807, 2.05) is 12.4 Å². The molecule has 2 N–H and O–H groups in total. The van der Waals surface area contributed by atoms with Crippen molar-refractivity contribution in [1.82, 2.24) is 15.3 Å². The number of H-pyrrole nitrogens is 1. The fourth-order valence-electron chi connectivity index (χ4n) is 1.57. The van der Waals surface area contributed by atoms with Crippen molar-refractivity contribution in [3.8, 4) is 0 Å². The van der Waals surface area contributed by atoms with Gasteiger partial charge in [-0.15, -0.1) is 0 Å². The van der Waals surface area contributed by atoms with E-state index in [2.05, 4.69) is 15.3 Å². The van der Waals surface area contributed by atoms with Crippen LogP contribution in [-0.2, 0) is 6.42 Å². The summed E-state index contributed by atoms with van der Waals surface area (Å²) in [6.45, 7) is 2.33. The maximum absolute atomic E-state index is 4.20. The third-order valence-corrected chi connectivity index (χ3v) is 2.20. The number of aromatic nitrogens is 2. The molecule has 0 amide bonds. The molecule has 0 spiro atoms. The van der Waals surface area contributed by atoms with Crippen LogP contribution in [0.1, 0.15) is 12.2 Å². The maximum atomic E-state index is 4.20. The second-order valence-corrected chi connectivity index (χ2v) is 3.10. The Balaban J connectivity index is 1.90. The summed E-state index contributed by atoms with van der Waals surface area (Å²) in [5.41, 5.74) is 0. The van der Waals surface area contributed by atoms with Gasteiger partial charge >= 0.3 is 0 Å². The highest BCUT2D eigenvalue weighted by atomic mass is 14.9. The van der Waals surface area contributed by atoms with Gasteiger partial charge in [0.1, 0.15) is 5.82 Å². The largest absolute Gasteiger partial charge is 0.349 e. The van der Waals surface area contributed by atoms with E-state index in [-0.39, 0.29) is 0 Å². The Labute approximate surface area is 66.2 Å². The Morgan fingerprint density at radius 1 is 1.64 bits per heavy atom. The summed E-state index contributed by atoms with van der Waals surface area (Å²) in [6, 6.07) is 0. The van der Waals surface area contributed by atoms with Crippen molar-refractivity contribution in [2.45, 2.75) is 12.8 Å². The van der Waals surface area contributed by atoms with E-state index in [0.717, 1.165) is 24.7 Å². The highest BCUT2D eigenvalue weighted by Gasteiger charge is 2.15. The summed E-state index contributed by atoms with van der Waals surface area (Å²) in [5.74, 6) is 1.92. The van der Waals surface area contributed by atoms with Crippen LogP contribution in [0.5, 0.6) is 0 Å². The number of nitrogens with zero attached hydrogens (tertiary/aromatic N) is 1. The van der Waals surface area contributed by atoms with Gasteiger partial charge < -0.3 is 10.3 Å². The highest BCUT2D eigenvalue weighted by Crippen LogP contribution is 2.11. The number of hydrogen-bond acceptors (Lipinski definition) is 2. The monoisotopic (exact) mass is 151 g/mol. The fourth-order valence-corrected chi connectivity index (χ4v) is 1.57. The van der Waals surface area contributed by atoms with Crippen LogP contribution in [0.4, 0.5) is 0 Å². The Morgan fingerprint density at radius 3 is 3.27 bits per heavy atom. The molecule has 2 rings (SSSR count). The second kappa shape index (κ2) is 3.05. The fraction of sp³-hybridized carbons (Fsp3) is 0.625. The minimum atomic E-state index is 0.793. The van der Waals surface area contributed by atoms with Crippen LogP contribution in [0.3, 0.4) is 0 Å². The molecule has 0 aliphatic carbocycles. The Bertz CT molecular complexity index is 199. The zero-order valence-corrected chi connectivity index (χ0v) is 6.51. The lowest BCUT2D eigenvalue weighted by atomic mass is 10.1. The summed E-state index contributed by atoms with van der Waals surface area (Å²) in [7, 11) is 0. The van der Waals surface area contributed by atoms with Crippen molar-refractivity contribution < 1.29 is 0 Å². The number of imidazole rings is 1. The molecule has 1 fully saturated rings.